The number of primary amides is 1. The molecule has 1 saturated heterocycles. The summed E-state index contributed by atoms with van der Waals surface area (Å²) in [6, 6.07) is 7.30. The predicted octanol–water partition coefficient (Wildman–Crippen LogP) is 1.52. The summed E-state index contributed by atoms with van der Waals surface area (Å²) >= 11 is 0. The molecular weight excluding hydrogens is 256 g/mol. The molecule has 0 aliphatic carbocycles. The maximum absolute atomic E-state index is 11.1. The van der Waals surface area contributed by atoms with Crippen molar-refractivity contribution in [3.8, 4) is 11.8 Å². The van der Waals surface area contributed by atoms with Crippen molar-refractivity contribution in [1.82, 2.24) is 4.90 Å². The van der Waals surface area contributed by atoms with Gasteiger partial charge in [0.2, 0.25) is 0 Å². The number of carbonyl (C=O) groups is 1. The Morgan fingerprint density at radius 1 is 1.50 bits per heavy atom. The Labute approximate surface area is 118 Å². The van der Waals surface area contributed by atoms with Gasteiger partial charge in [-0.05, 0) is 25.0 Å². The van der Waals surface area contributed by atoms with Crippen LogP contribution in [0.4, 0.5) is 10.5 Å². The number of urea groups is 1. The summed E-state index contributed by atoms with van der Waals surface area (Å²) in [6.45, 7) is 1.32. The number of nitriles is 1. The molecule has 0 saturated carbocycles. The highest BCUT2D eigenvalue weighted by atomic mass is 16.5. The van der Waals surface area contributed by atoms with Gasteiger partial charge in [0, 0.05) is 25.2 Å². The van der Waals surface area contributed by atoms with Gasteiger partial charge in [-0.15, -0.1) is 0 Å². The highest BCUT2D eigenvalue weighted by Crippen LogP contribution is 2.27. The summed E-state index contributed by atoms with van der Waals surface area (Å²) in [5.41, 5.74) is 6.69. The number of piperidine rings is 1. The van der Waals surface area contributed by atoms with Crippen molar-refractivity contribution in [2.24, 2.45) is 5.73 Å². The van der Waals surface area contributed by atoms with Crippen molar-refractivity contribution < 1.29 is 9.53 Å². The number of ether oxygens (including phenoxy) is 1. The van der Waals surface area contributed by atoms with Crippen molar-refractivity contribution in [2.45, 2.75) is 18.9 Å². The smallest absolute Gasteiger partial charge is 0.314 e. The van der Waals surface area contributed by atoms with Gasteiger partial charge in [0.05, 0.1) is 24.4 Å². The Hall–Kier alpha value is -2.42. The van der Waals surface area contributed by atoms with Gasteiger partial charge in [0.15, 0.2) is 0 Å². The minimum absolute atomic E-state index is 0.271. The molecule has 2 amide bonds. The third kappa shape index (κ3) is 3.12. The number of methoxy groups -OCH3 is 1. The first-order chi connectivity index (χ1) is 9.63. The van der Waals surface area contributed by atoms with E-state index in [1.54, 1.807) is 24.1 Å². The molecule has 0 spiro atoms. The summed E-state index contributed by atoms with van der Waals surface area (Å²) in [6.07, 6.45) is 1.68. The third-order valence-electron chi connectivity index (χ3n) is 3.50. The van der Waals surface area contributed by atoms with Gasteiger partial charge in [-0.25, -0.2) is 4.79 Å². The van der Waals surface area contributed by atoms with Crippen LogP contribution in [-0.4, -0.2) is 37.2 Å². The van der Waals surface area contributed by atoms with Crippen LogP contribution in [-0.2, 0) is 0 Å². The molecule has 2 rings (SSSR count). The van der Waals surface area contributed by atoms with Gasteiger partial charge in [-0.2, -0.15) is 5.26 Å². The van der Waals surface area contributed by atoms with Crippen molar-refractivity contribution >= 4 is 11.7 Å². The van der Waals surface area contributed by atoms with Crippen LogP contribution in [0, 0.1) is 11.3 Å². The van der Waals surface area contributed by atoms with Crippen LogP contribution in [0.5, 0.6) is 5.75 Å². The Morgan fingerprint density at radius 3 is 2.75 bits per heavy atom. The summed E-state index contributed by atoms with van der Waals surface area (Å²) in [7, 11) is 1.58. The second-order valence-corrected chi connectivity index (χ2v) is 4.77. The number of hydrogen-bond donors (Lipinski definition) is 2. The van der Waals surface area contributed by atoms with Crippen molar-refractivity contribution in [3.63, 3.8) is 0 Å². The molecule has 0 atom stereocenters. The summed E-state index contributed by atoms with van der Waals surface area (Å²) < 4.78 is 5.29. The molecule has 20 heavy (non-hydrogen) atoms. The van der Waals surface area contributed by atoms with Gasteiger partial charge in [-0.1, -0.05) is 0 Å². The van der Waals surface area contributed by atoms with E-state index in [9.17, 15) is 4.79 Å². The number of anilines is 1. The zero-order valence-corrected chi connectivity index (χ0v) is 11.4. The van der Waals surface area contributed by atoms with Crippen LogP contribution in [0.3, 0.4) is 0 Å². The van der Waals surface area contributed by atoms with E-state index in [0.29, 0.717) is 24.4 Å². The lowest BCUT2D eigenvalue weighted by Gasteiger charge is -2.32. The third-order valence-corrected chi connectivity index (χ3v) is 3.50. The van der Waals surface area contributed by atoms with Gasteiger partial charge < -0.3 is 20.7 Å². The fourth-order valence-corrected chi connectivity index (χ4v) is 2.34. The minimum Gasteiger partial charge on any atom is -0.495 e. The van der Waals surface area contributed by atoms with Crippen LogP contribution in [0.15, 0.2) is 18.2 Å². The van der Waals surface area contributed by atoms with Crippen LogP contribution in [0.25, 0.3) is 0 Å². The number of hydrogen-bond acceptors (Lipinski definition) is 4. The molecule has 1 aliphatic heterocycles. The number of nitrogens with zero attached hydrogens (tertiary/aromatic N) is 2. The molecule has 3 N–H and O–H groups in total. The number of amides is 2. The Morgan fingerprint density at radius 2 is 2.20 bits per heavy atom. The monoisotopic (exact) mass is 274 g/mol. The second-order valence-electron chi connectivity index (χ2n) is 4.77. The van der Waals surface area contributed by atoms with Gasteiger partial charge in [0.25, 0.3) is 0 Å². The molecule has 0 radical (unpaired) electrons. The zero-order valence-electron chi connectivity index (χ0n) is 11.4. The second kappa shape index (κ2) is 6.15. The Kier molecular flexibility index (Phi) is 4.31. The molecule has 1 aliphatic rings. The van der Waals surface area contributed by atoms with Crippen LogP contribution < -0.4 is 15.8 Å². The first-order valence-corrected chi connectivity index (χ1v) is 6.53. The maximum Gasteiger partial charge on any atom is 0.314 e. The molecule has 6 nitrogen and oxygen atoms in total. The number of benzene rings is 1. The molecule has 1 heterocycles. The predicted molar refractivity (Wildman–Crippen MR) is 75.5 cm³/mol. The molecule has 0 aromatic heterocycles. The Balaban J connectivity index is 2.01. The quantitative estimate of drug-likeness (QED) is 0.874. The lowest BCUT2D eigenvalue weighted by molar-refractivity contribution is 0.193. The van der Waals surface area contributed by atoms with Crippen molar-refractivity contribution in [3.05, 3.63) is 23.8 Å². The zero-order chi connectivity index (χ0) is 14.5. The standard InChI is InChI=1S/C14H18N4O2/c1-20-13-8-10(9-15)2-3-12(13)17-11-4-6-18(7-5-11)14(16)19/h2-3,8,11,17H,4-7H2,1H3,(H2,16,19). The van der Waals surface area contributed by atoms with Crippen LogP contribution in [0.1, 0.15) is 18.4 Å². The minimum atomic E-state index is -0.362. The fourth-order valence-electron chi connectivity index (χ4n) is 2.34. The van der Waals surface area contributed by atoms with E-state index >= 15 is 0 Å². The molecular formula is C14H18N4O2. The maximum atomic E-state index is 11.1. The molecule has 6 heteroatoms. The topological polar surface area (TPSA) is 91.4 Å². The normalized spacial score (nSPS) is 15.5. The van der Waals surface area contributed by atoms with E-state index in [2.05, 4.69) is 11.4 Å². The molecule has 1 aromatic carbocycles. The molecule has 0 bridgehead atoms. The lowest BCUT2D eigenvalue weighted by atomic mass is 10.0. The summed E-state index contributed by atoms with van der Waals surface area (Å²) in [5.74, 6) is 0.654. The first kappa shape index (κ1) is 14.0. The van der Waals surface area contributed by atoms with E-state index in [-0.39, 0.29) is 12.1 Å². The van der Waals surface area contributed by atoms with Crippen molar-refractivity contribution in [1.29, 1.82) is 5.26 Å². The molecule has 1 aromatic rings. The molecule has 1 fully saturated rings. The average molecular weight is 274 g/mol. The van der Waals surface area contributed by atoms with Gasteiger partial charge >= 0.3 is 6.03 Å². The van der Waals surface area contributed by atoms with Crippen LogP contribution >= 0.6 is 0 Å². The molecule has 106 valence electrons. The number of nitrogens with one attached hydrogen (secondary N) is 1. The van der Waals surface area contributed by atoms with E-state index in [1.165, 1.54) is 0 Å². The lowest BCUT2D eigenvalue weighted by Crippen LogP contribution is -2.44. The number of nitrogens with two attached hydrogens (primary N) is 1. The number of carbonyl (C=O) groups excluding carboxylic acids is 1. The molecule has 0 unspecified atom stereocenters. The first-order valence-electron chi connectivity index (χ1n) is 6.53. The van der Waals surface area contributed by atoms with E-state index in [0.717, 1.165) is 18.5 Å². The SMILES string of the molecule is COc1cc(C#N)ccc1NC1CCN(C(N)=O)CC1. The Bertz CT molecular complexity index is 530. The van der Waals surface area contributed by atoms with Gasteiger partial charge in [0.1, 0.15) is 5.75 Å². The van der Waals surface area contributed by atoms with E-state index < -0.39 is 0 Å². The average Bonchev–Trinajstić information content (AvgIpc) is 2.48. The van der Waals surface area contributed by atoms with Gasteiger partial charge in [-0.3, -0.25) is 0 Å². The number of rotatable bonds is 3. The van der Waals surface area contributed by atoms with E-state index in [1.807, 2.05) is 6.07 Å². The largest absolute Gasteiger partial charge is 0.495 e. The number of likely N-dealkylation sites (tertiary alicyclic amines) is 1. The van der Waals surface area contributed by atoms with E-state index in [4.69, 9.17) is 15.7 Å². The highest BCUT2D eigenvalue weighted by Gasteiger charge is 2.21. The fraction of sp³-hybridized carbons (Fsp3) is 0.429. The summed E-state index contributed by atoms with van der Waals surface area (Å²) in [5, 5.41) is 12.3. The summed E-state index contributed by atoms with van der Waals surface area (Å²) in [4.78, 5) is 12.7. The highest BCUT2D eigenvalue weighted by molar-refractivity contribution is 5.72. The van der Waals surface area contributed by atoms with Crippen LogP contribution in [0.2, 0.25) is 0 Å². The van der Waals surface area contributed by atoms with Crippen molar-refractivity contribution in [2.75, 3.05) is 25.5 Å².